The number of rotatable bonds is 5. The Morgan fingerprint density at radius 1 is 1.32 bits per heavy atom. The molecule has 0 aliphatic carbocycles. The Bertz CT molecular complexity index is 409. The van der Waals surface area contributed by atoms with E-state index in [1.807, 2.05) is 20.8 Å². The number of nitrogens with one attached hydrogen (secondary N) is 1. The molecule has 3 nitrogen and oxygen atoms in total. The number of carbonyl (C=O) groups is 1. The summed E-state index contributed by atoms with van der Waals surface area (Å²) >= 11 is 0. The number of carbonyl (C=O) groups excluding carboxylic acids is 1. The molecule has 0 spiro atoms. The number of benzene rings is 1. The molecule has 1 unspecified atom stereocenters. The van der Waals surface area contributed by atoms with Crippen LogP contribution in [0.25, 0.3) is 0 Å². The highest BCUT2D eigenvalue weighted by Gasteiger charge is 2.27. The third-order valence-electron chi connectivity index (χ3n) is 2.98. The minimum absolute atomic E-state index is 0.0188. The first-order valence-electron chi connectivity index (χ1n) is 6.59. The van der Waals surface area contributed by atoms with E-state index in [-0.39, 0.29) is 23.2 Å². The zero-order valence-corrected chi connectivity index (χ0v) is 11.9. The second kappa shape index (κ2) is 6.66. The molecule has 0 fully saturated rings. The van der Waals surface area contributed by atoms with Crippen molar-refractivity contribution in [2.24, 2.45) is 11.1 Å². The van der Waals surface area contributed by atoms with Crippen LogP contribution in [0.4, 0.5) is 4.39 Å². The predicted molar refractivity (Wildman–Crippen MR) is 75.0 cm³/mol. The summed E-state index contributed by atoms with van der Waals surface area (Å²) < 4.78 is 13.0. The van der Waals surface area contributed by atoms with Crippen molar-refractivity contribution in [1.29, 1.82) is 0 Å². The highest BCUT2D eigenvalue weighted by atomic mass is 19.1. The van der Waals surface area contributed by atoms with Crippen LogP contribution in [0.3, 0.4) is 0 Å². The number of halogens is 1. The molecule has 3 N–H and O–H groups in total. The summed E-state index contributed by atoms with van der Waals surface area (Å²) in [4.78, 5) is 11.9. The quantitative estimate of drug-likeness (QED) is 0.861. The van der Waals surface area contributed by atoms with Crippen molar-refractivity contribution in [3.05, 3.63) is 35.6 Å². The minimum Gasteiger partial charge on any atom is -0.349 e. The normalized spacial score (nSPS) is 13.1. The fourth-order valence-corrected chi connectivity index (χ4v) is 1.95. The Labute approximate surface area is 114 Å². The molecule has 0 saturated carbocycles. The lowest BCUT2D eigenvalue weighted by Crippen LogP contribution is -2.36. The van der Waals surface area contributed by atoms with Crippen LogP contribution in [0.2, 0.25) is 0 Å². The van der Waals surface area contributed by atoms with E-state index < -0.39 is 0 Å². The predicted octanol–water partition coefficient (Wildman–Crippen LogP) is 2.77. The molecule has 0 heterocycles. The van der Waals surface area contributed by atoms with Crippen LogP contribution in [0, 0.1) is 11.2 Å². The standard InChI is InChI=1S/C15H23FN2O/c1-15(2,3)14(18-13(19)5-4-10-17)11-6-8-12(16)9-7-11/h6-9,14H,4-5,10,17H2,1-3H3,(H,18,19). The number of hydrogen-bond donors (Lipinski definition) is 2. The van der Waals surface area contributed by atoms with Crippen molar-refractivity contribution >= 4 is 5.91 Å². The van der Waals surface area contributed by atoms with Gasteiger partial charge >= 0.3 is 0 Å². The molecular formula is C15H23FN2O. The molecule has 4 heteroatoms. The molecule has 0 radical (unpaired) electrons. The Morgan fingerprint density at radius 2 is 1.89 bits per heavy atom. The molecule has 0 bridgehead atoms. The SMILES string of the molecule is CC(C)(C)C(NC(=O)CCCN)c1ccc(F)cc1. The summed E-state index contributed by atoms with van der Waals surface area (Å²) in [6.07, 6.45) is 1.09. The van der Waals surface area contributed by atoms with Gasteiger partial charge in [0.25, 0.3) is 0 Å². The Hall–Kier alpha value is -1.42. The first-order valence-corrected chi connectivity index (χ1v) is 6.59. The first kappa shape index (κ1) is 15.6. The zero-order valence-electron chi connectivity index (χ0n) is 11.9. The zero-order chi connectivity index (χ0) is 14.5. The maximum absolute atomic E-state index is 13.0. The summed E-state index contributed by atoms with van der Waals surface area (Å²) in [5.41, 5.74) is 6.17. The van der Waals surface area contributed by atoms with Gasteiger partial charge in [0.15, 0.2) is 0 Å². The summed E-state index contributed by atoms with van der Waals surface area (Å²) in [5.74, 6) is -0.291. The molecule has 1 rings (SSSR count). The summed E-state index contributed by atoms with van der Waals surface area (Å²) in [6.45, 7) is 6.64. The second-order valence-electron chi connectivity index (χ2n) is 5.81. The van der Waals surface area contributed by atoms with E-state index in [1.54, 1.807) is 12.1 Å². The van der Waals surface area contributed by atoms with E-state index in [0.29, 0.717) is 19.4 Å². The van der Waals surface area contributed by atoms with Crippen LogP contribution in [-0.2, 0) is 4.79 Å². The largest absolute Gasteiger partial charge is 0.349 e. The summed E-state index contributed by atoms with van der Waals surface area (Å²) in [6, 6.07) is 6.13. The van der Waals surface area contributed by atoms with Gasteiger partial charge in [-0.15, -0.1) is 0 Å². The third kappa shape index (κ3) is 4.99. The van der Waals surface area contributed by atoms with Gasteiger partial charge in [-0.05, 0) is 36.1 Å². The molecule has 0 saturated heterocycles. The average Bonchev–Trinajstić information content (AvgIpc) is 2.33. The molecule has 1 amide bonds. The fourth-order valence-electron chi connectivity index (χ4n) is 1.95. The molecule has 0 aliphatic heterocycles. The van der Waals surface area contributed by atoms with Gasteiger partial charge in [-0.1, -0.05) is 32.9 Å². The van der Waals surface area contributed by atoms with E-state index in [0.717, 1.165) is 5.56 Å². The van der Waals surface area contributed by atoms with Crippen LogP contribution in [-0.4, -0.2) is 12.5 Å². The summed E-state index contributed by atoms with van der Waals surface area (Å²) in [5, 5.41) is 3.01. The summed E-state index contributed by atoms with van der Waals surface area (Å²) in [7, 11) is 0. The van der Waals surface area contributed by atoms with Crippen LogP contribution >= 0.6 is 0 Å². The van der Waals surface area contributed by atoms with E-state index in [9.17, 15) is 9.18 Å². The molecule has 106 valence electrons. The van der Waals surface area contributed by atoms with Gasteiger partial charge in [-0.2, -0.15) is 0 Å². The van der Waals surface area contributed by atoms with Crippen molar-refractivity contribution in [3.63, 3.8) is 0 Å². The molecule has 19 heavy (non-hydrogen) atoms. The van der Waals surface area contributed by atoms with Crippen molar-refractivity contribution in [2.75, 3.05) is 6.54 Å². The lowest BCUT2D eigenvalue weighted by Gasteiger charge is -2.32. The molecule has 1 aromatic rings. The molecule has 0 aromatic heterocycles. The van der Waals surface area contributed by atoms with E-state index in [4.69, 9.17) is 5.73 Å². The lowest BCUT2D eigenvalue weighted by atomic mass is 9.82. The number of amides is 1. The van der Waals surface area contributed by atoms with E-state index in [1.165, 1.54) is 12.1 Å². The smallest absolute Gasteiger partial charge is 0.220 e. The Balaban J connectivity index is 2.84. The average molecular weight is 266 g/mol. The molecule has 1 atom stereocenters. The van der Waals surface area contributed by atoms with Gasteiger partial charge in [0.2, 0.25) is 5.91 Å². The van der Waals surface area contributed by atoms with E-state index >= 15 is 0 Å². The maximum Gasteiger partial charge on any atom is 0.220 e. The van der Waals surface area contributed by atoms with Crippen LogP contribution in [0.1, 0.15) is 45.2 Å². The van der Waals surface area contributed by atoms with Gasteiger partial charge in [-0.25, -0.2) is 4.39 Å². The van der Waals surface area contributed by atoms with Crippen molar-refractivity contribution in [3.8, 4) is 0 Å². The fraction of sp³-hybridized carbons (Fsp3) is 0.533. The Morgan fingerprint density at radius 3 is 2.37 bits per heavy atom. The second-order valence-corrected chi connectivity index (χ2v) is 5.81. The number of hydrogen-bond acceptors (Lipinski definition) is 2. The van der Waals surface area contributed by atoms with Gasteiger partial charge in [0, 0.05) is 6.42 Å². The highest BCUT2D eigenvalue weighted by Crippen LogP contribution is 2.32. The van der Waals surface area contributed by atoms with Gasteiger partial charge in [0.1, 0.15) is 5.82 Å². The van der Waals surface area contributed by atoms with E-state index in [2.05, 4.69) is 5.32 Å². The van der Waals surface area contributed by atoms with Gasteiger partial charge < -0.3 is 11.1 Å². The van der Waals surface area contributed by atoms with Crippen LogP contribution < -0.4 is 11.1 Å². The number of nitrogens with two attached hydrogens (primary N) is 1. The highest BCUT2D eigenvalue weighted by molar-refractivity contribution is 5.76. The molecule has 1 aromatic carbocycles. The molecular weight excluding hydrogens is 243 g/mol. The van der Waals surface area contributed by atoms with Crippen molar-refractivity contribution < 1.29 is 9.18 Å². The van der Waals surface area contributed by atoms with Gasteiger partial charge in [0.05, 0.1) is 6.04 Å². The maximum atomic E-state index is 13.0. The van der Waals surface area contributed by atoms with Gasteiger partial charge in [-0.3, -0.25) is 4.79 Å². The lowest BCUT2D eigenvalue weighted by molar-refractivity contribution is -0.122. The monoisotopic (exact) mass is 266 g/mol. The minimum atomic E-state index is -0.272. The van der Waals surface area contributed by atoms with Crippen LogP contribution in [0.5, 0.6) is 0 Å². The molecule has 0 aliphatic rings. The first-order chi connectivity index (χ1) is 8.84. The van der Waals surface area contributed by atoms with Crippen LogP contribution in [0.15, 0.2) is 24.3 Å². The third-order valence-corrected chi connectivity index (χ3v) is 2.98. The topological polar surface area (TPSA) is 55.1 Å². The Kier molecular flexibility index (Phi) is 5.48. The van der Waals surface area contributed by atoms with Crippen molar-refractivity contribution in [1.82, 2.24) is 5.32 Å². The van der Waals surface area contributed by atoms with Crippen molar-refractivity contribution in [2.45, 2.75) is 39.7 Å².